The molecule has 0 aromatic rings. The number of nitrogens with one attached hydrogen (secondary N) is 1. The largest absolute Gasteiger partial charge is 0.386 e. The zero-order chi connectivity index (χ0) is 13.0. The van der Waals surface area contributed by atoms with Gasteiger partial charge in [0.2, 0.25) is 0 Å². The maximum Gasteiger partial charge on any atom is 0.184 e. The first-order valence-electron chi connectivity index (χ1n) is 6.69. The third-order valence-electron chi connectivity index (χ3n) is 3.17. The van der Waals surface area contributed by atoms with Crippen molar-refractivity contribution >= 4 is 0 Å². The van der Waals surface area contributed by atoms with Crippen LogP contribution in [0.1, 0.15) is 51.9 Å². The average molecular weight is 243 g/mol. The summed E-state index contributed by atoms with van der Waals surface area (Å²) in [5.74, 6) is -0.501. The van der Waals surface area contributed by atoms with E-state index in [9.17, 15) is 0 Å². The summed E-state index contributed by atoms with van der Waals surface area (Å²) in [6.07, 6.45) is 10.3. The molecule has 102 valence electrons. The Morgan fingerprint density at radius 1 is 1.06 bits per heavy atom. The van der Waals surface area contributed by atoms with Crippen molar-refractivity contribution < 1.29 is 9.47 Å². The molecule has 17 heavy (non-hydrogen) atoms. The lowest BCUT2D eigenvalue weighted by Crippen LogP contribution is -2.42. The molecule has 0 aliphatic rings. The summed E-state index contributed by atoms with van der Waals surface area (Å²) in [5, 5.41) is 3.07. The summed E-state index contributed by atoms with van der Waals surface area (Å²) in [6, 6.07) is 0. The summed E-state index contributed by atoms with van der Waals surface area (Å²) in [6.45, 7) is 6.53. The maximum absolute atomic E-state index is 5.48. The standard InChI is InChI=1S/C14H29NO2/c1-5-7-8-9-10-11-12-14(16-3,17-4)13-15-6-2/h6,15H,2,5,7-13H2,1,3-4H3. The molecule has 0 aliphatic heterocycles. The average Bonchev–Trinajstić information content (AvgIpc) is 2.38. The van der Waals surface area contributed by atoms with Crippen molar-refractivity contribution in [3.63, 3.8) is 0 Å². The van der Waals surface area contributed by atoms with E-state index in [1.807, 2.05) is 0 Å². The molecule has 0 unspecified atom stereocenters. The molecular formula is C14H29NO2. The molecule has 0 aromatic carbocycles. The predicted molar refractivity (Wildman–Crippen MR) is 72.9 cm³/mol. The van der Waals surface area contributed by atoms with Gasteiger partial charge in [-0.2, -0.15) is 0 Å². The van der Waals surface area contributed by atoms with Gasteiger partial charge in [-0.1, -0.05) is 45.6 Å². The number of ether oxygens (including phenoxy) is 2. The first-order valence-corrected chi connectivity index (χ1v) is 6.69. The Hall–Kier alpha value is -0.540. The second kappa shape index (κ2) is 10.6. The Morgan fingerprint density at radius 3 is 2.18 bits per heavy atom. The predicted octanol–water partition coefficient (Wildman–Crippen LogP) is 3.46. The van der Waals surface area contributed by atoms with Gasteiger partial charge in [-0.15, -0.1) is 0 Å². The highest BCUT2D eigenvalue weighted by atomic mass is 16.7. The fourth-order valence-electron chi connectivity index (χ4n) is 1.92. The van der Waals surface area contributed by atoms with Crippen molar-refractivity contribution in [1.29, 1.82) is 0 Å². The van der Waals surface area contributed by atoms with Gasteiger partial charge in [-0.3, -0.25) is 0 Å². The minimum absolute atomic E-state index is 0.501. The van der Waals surface area contributed by atoms with Crippen LogP contribution in [0.4, 0.5) is 0 Å². The van der Waals surface area contributed by atoms with Crippen LogP contribution in [-0.4, -0.2) is 26.6 Å². The number of unbranched alkanes of at least 4 members (excludes halogenated alkanes) is 5. The summed E-state index contributed by atoms with van der Waals surface area (Å²) < 4.78 is 11.0. The zero-order valence-corrected chi connectivity index (χ0v) is 11.8. The molecule has 3 heteroatoms. The molecule has 0 rings (SSSR count). The second-order valence-corrected chi connectivity index (χ2v) is 4.42. The lowest BCUT2D eigenvalue weighted by atomic mass is 10.0. The van der Waals surface area contributed by atoms with Gasteiger partial charge in [-0.05, 0) is 12.6 Å². The van der Waals surface area contributed by atoms with Crippen LogP contribution in [0.15, 0.2) is 12.8 Å². The van der Waals surface area contributed by atoms with E-state index in [4.69, 9.17) is 9.47 Å². The highest BCUT2D eigenvalue weighted by Gasteiger charge is 2.28. The maximum atomic E-state index is 5.48. The van der Waals surface area contributed by atoms with Crippen LogP contribution in [0.25, 0.3) is 0 Å². The van der Waals surface area contributed by atoms with Gasteiger partial charge < -0.3 is 14.8 Å². The van der Waals surface area contributed by atoms with Crippen LogP contribution in [0.5, 0.6) is 0 Å². The Balaban J connectivity index is 3.79. The van der Waals surface area contributed by atoms with Gasteiger partial charge in [0.1, 0.15) is 0 Å². The third-order valence-corrected chi connectivity index (χ3v) is 3.17. The van der Waals surface area contributed by atoms with Gasteiger partial charge in [-0.25, -0.2) is 0 Å². The highest BCUT2D eigenvalue weighted by Crippen LogP contribution is 2.20. The fraction of sp³-hybridized carbons (Fsp3) is 0.857. The topological polar surface area (TPSA) is 30.5 Å². The zero-order valence-electron chi connectivity index (χ0n) is 11.8. The Morgan fingerprint density at radius 2 is 1.65 bits per heavy atom. The van der Waals surface area contributed by atoms with Gasteiger partial charge in [0.25, 0.3) is 0 Å². The molecule has 0 saturated heterocycles. The Bertz CT molecular complexity index is 179. The van der Waals surface area contributed by atoms with Gasteiger partial charge in [0.15, 0.2) is 5.79 Å². The molecule has 0 aromatic heterocycles. The van der Waals surface area contributed by atoms with Crippen LogP contribution in [-0.2, 0) is 9.47 Å². The minimum atomic E-state index is -0.501. The van der Waals surface area contributed by atoms with E-state index in [0.717, 1.165) is 12.8 Å². The molecule has 0 bridgehead atoms. The van der Waals surface area contributed by atoms with Crippen LogP contribution in [0.2, 0.25) is 0 Å². The van der Waals surface area contributed by atoms with Gasteiger partial charge >= 0.3 is 0 Å². The molecule has 0 spiro atoms. The highest BCUT2D eigenvalue weighted by molar-refractivity contribution is 4.76. The SMILES string of the molecule is C=CNCC(CCCCCCCC)(OC)OC. The molecule has 0 aliphatic carbocycles. The van der Waals surface area contributed by atoms with E-state index in [1.165, 1.54) is 32.1 Å². The quantitative estimate of drug-likeness (QED) is 0.420. The molecule has 3 nitrogen and oxygen atoms in total. The van der Waals surface area contributed by atoms with Crippen molar-refractivity contribution in [2.75, 3.05) is 20.8 Å². The van der Waals surface area contributed by atoms with Crippen molar-refractivity contribution in [2.24, 2.45) is 0 Å². The number of hydrogen-bond acceptors (Lipinski definition) is 3. The normalized spacial score (nSPS) is 11.5. The van der Waals surface area contributed by atoms with Crippen LogP contribution >= 0.6 is 0 Å². The van der Waals surface area contributed by atoms with E-state index >= 15 is 0 Å². The van der Waals surface area contributed by atoms with Crippen LogP contribution < -0.4 is 5.32 Å². The lowest BCUT2D eigenvalue weighted by molar-refractivity contribution is -0.206. The van der Waals surface area contributed by atoms with Crippen molar-refractivity contribution in [3.8, 4) is 0 Å². The molecular weight excluding hydrogens is 214 g/mol. The van der Waals surface area contributed by atoms with Crippen LogP contribution in [0, 0.1) is 0 Å². The first kappa shape index (κ1) is 16.5. The summed E-state index contributed by atoms with van der Waals surface area (Å²) in [7, 11) is 3.40. The van der Waals surface area contributed by atoms with E-state index in [1.54, 1.807) is 20.4 Å². The smallest absolute Gasteiger partial charge is 0.184 e. The molecule has 0 fully saturated rings. The molecule has 0 atom stereocenters. The molecule has 0 radical (unpaired) electrons. The van der Waals surface area contributed by atoms with Gasteiger partial charge in [0.05, 0.1) is 6.54 Å². The van der Waals surface area contributed by atoms with E-state index < -0.39 is 5.79 Å². The Kier molecular flexibility index (Phi) is 10.3. The molecule has 1 N–H and O–H groups in total. The number of methoxy groups -OCH3 is 2. The molecule has 0 heterocycles. The molecule has 0 amide bonds. The number of hydrogen-bond donors (Lipinski definition) is 1. The van der Waals surface area contributed by atoms with E-state index in [2.05, 4.69) is 18.8 Å². The van der Waals surface area contributed by atoms with Crippen molar-refractivity contribution in [2.45, 2.75) is 57.7 Å². The lowest BCUT2D eigenvalue weighted by Gasteiger charge is -2.31. The summed E-state index contributed by atoms with van der Waals surface area (Å²) in [5.41, 5.74) is 0. The van der Waals surface area contributed by atoms with E-state index in [0.29, 0.717) is 6.54 Å². The van der Waals surface area contributed by atoms with Crippen molar-refractivity contribution in [3.05, 3.63) is 12.8 Å². The molecule has 0 saturated carbocycles. The minimum Gasteiger partial charge on any atom is -0.386 e. The first-order chi connectivity index (χ1) is 8.24. The summed E-state index contributed by atoms with van der Waals surface area (Å²) >= 11 is 0. The van der Waals surface area contributed by atoms with E-state index in [-0.39, 0.29) is 0 Å². The van der Waals surface area contributed by atoms with Crippen LogP contribution in [0.3, 0.4) is 0 Å². The monoisotopic (exact) mass is 243 g/mol. The Labute approximate surface area is 107 Å². The van der Waals surface area contributed by atoms with Gasteiger partial charge in [0, 0.05) is 20.6 Å². The van der Waals surface area contributed by atoms with Crippen molar-refractivity contribution in [1.82, 2.24) is 5.32 Å². The second-order valence-electron chi connectivity index (χ2n) is 4.42. The third kappa shape index (κ3) is 7.40. The fourth-order valence-corrected chi connectivity index (χ4v) is 1.92. The number of rotatable bonds is 12. The summed E-state index contributed by atoms with van der Waals surface area (Å²) in [4.78, 5) is 0.